The van der Waals surface area contributed by atoms with E-state index in [0.717, 1.165) is 10.0 Å². The number of benzene rings is 4. The van der Waals surface area contributed by atoms with E-state index in [9.17, 15) is 0 Å². The van der Waals surface area contributed by atoms with Crippen molar-refractivity contribution in [3.05, 3.63) is 146 Å². The summed E-state index contributed by atoms with van der Waals surface area (Å²) in [6.45, 7) is 17.7. The Labute approximate surface area is 320 Å². The van der Waals surface area contributed by atoms with Crippen LogP contribution in [-0.2, 0) is 24.2 Å². The first kappa shape index (κ1) is 41.3. The average Bonchev–Trinajstić information content (AvgIpc) is 3.60. The Morgan fingerprint density at radius 2 is 1.13 bits per heavy atom. The molecule has 47 heavy (non-hydrogen) atoms. The van der Waals surface area contributed by atoms with Gasteiger partial charge in [0.15, 0.2) is 0 Å². The SMILES string of the molecule is CCCC1[C-]=CC(C(C)(C)C)=C1.Cc1cc2[cH-]c3cc(C)c(C)cc3c2cc1C.Clc1ccc([C](=[Zr+2])c2ccc(Cl)cc2)cc1.[Cl-].[Cl-]. The topological polar surface area (TPSA) is 0 Å². The van der Waals surface area contributed by atoms with Crippen LogP contribution in [0.4, 0.5) is 0 Å². The van der Waals surface area contributed by atoms with Crippen LogP contribution in [0, 0.1) is 45.1 Å². The molecule has 6 rings (SSSR count). The zero-order valence-electron chi connectivity index (χ0n) is 28.7. The minimum atomic E-state index is 0. The van der Waals surface area contributed by atoms with Gasteiger partial charge in [0.05, 0.1) is 0 Å². The molecule has 0 aromatic heterocycles. The average molecular weight is 782 g/mol. The van der Waals surface area contributed by atoms with Crippen molar-refractivity contribution in [2.24, 2.45) is 11.3 Å². The van der Waals surface area contributed by atoms with E-state index < -0.39 is 0 Å². The second-order valence-corrected chi connectivity index (χ2v) is 15.3. The Kier molecular flexibility index (Phi) is 16.0. The van der Waals surface area contributed by atoms with Crippen LogP contribution in [0.2, 0.25) is 10.0 Å². The van der Waals surface area contributed by atoms with Crippen LogP contribution < -0.4 is 24.8 Å². The molecule has 246 valence electrons. The van der Waals surface area contributed by atoms with Crippen LogP contribution in [0.1, 0.15) is 73.9 Å². The van der Waals surface area contributed by atoms with Gasteiger partial charge in [-0.3, -0.25) is 6.08 Å². The Morgan fingerprint density at radius 1 is 0.723 bits per heavy atom. The van der Waals surface area contributed by atoms with Gasteiger partial charge >= 0.3 is 120 Å². The first-order valence-electron chi connectivity index (χ1n) is 15.8. The molecule has 5 aromatic rings. The predicted molar refractivity (Wildman–Crippen MR) is 196 cm³/mol. The fraction of sp³-hybridized carbons (Fsp3) is 0.286. The summed E-state index contributed by atoms with van der Waals surface area (Å²) in [6, 6.07) is 27.4. The molecule has 1 aliphatic rings. The molecule has 0 saturated carbocycles. The molecule has 5 heteroatoms. The van der Waals surface area contributed by atoms with Crippen molar-refractivity contribution in [2.45, 2.75) is 68.2 Å². The molecule has 0 heterocycles. The van der Waals surface area contributed by atoms with Crippen LogP contribution in [0.5, 0.6) is 0 Å². The van der Waals surface area contributed by atoms with Crippen LogP contribution in [-0.4, -0.2) is 3.21 Å². The molecule has 1 atom stereocenters. The summed E-state index contributed by atoms with van der Waals surface area (Å²) in [5.41, 5.74) is 9.68. The summed E-state index contributed by atoms with van der Waals surface area (Å²) in [5, 5.41) is 7.06. The standard InChI is InChI=1S/C17H17.C13H8Cl2.C12H19.2ClH.Zr/c1-10-5-14-9-15-6-11(2)13(4)8-17(15)16(14)7-12(10)3;14-12-5-1-10(2-6-12)9-11-3-7-13(15)8-4-11;1-5-6-10-7-8-11(9-10)12(2,3)4;;;/h5-9H,1-4H3;1-8H;8-10H,5-6H2,1-4H3;2*1H;/q-1;;-1;;;+2/p-2. The van der Waals surface area contributed by atoms with E-state index in [1.165, 1.54) is 101 Å². The van der Waals surface area contributed by atoms with Crippen LogP contribution in [0.15, 0.2) is 96.6 Å². The third-order valence-corrected chi connectivity index (χ3v) is 10.4. The van der Waals surface area contributed by atoms with Crippen molar-refractivity contribution in [1.82, 2.24) is 0 Å². The fourth-order valence-electron chi connectivity index (χ4n) is 5.40. The van der Waals surface area contributed by atoms with Gasteiger partial charge in [-0.25, -0.2) is 6.08 Å². The third kappa shape index (κ3) is 11.1. The van der Waals surface area contributed by atoms with Crippen LogP contribution >= 0.6 is 23.2 Å². The number of hydrogen-bond acceptors (Lipinski definition) is 0. The second-order valence-electron chi connectivity index (χ2n) is 13.2. The summed E-state index contributed by atoms with van der Waals surface area (Å²) in [4.78, 5) is 0. The first-order valence-corrected chi connectivity index (χ1v) is 17.7. The van der Waals surface area contributed by atoms with Gasteiger partial charge in [0.1, 0.15) is 0 Å². The number of aryl methyl sites for hydroxylation is 4. The molecule has 0 fully saturated rings. The van der Waals surface area contributed by atoms with E-state index in [0.29, 0.717) is 11.3 Å². The van der Waals surface area contributed by atoms with Crippen molar-refractivity contribution < 1.29 is 49.0 Å². The Morgan fingerprint density at radius 3 is 1.49 bits per heavy atom. The van der Waals surface area contributed by atoms with Crippen LogP contribution in [0.3, 0.4) is 0 Å². The molecule has 0 spiro atoms. The fourth-order valence-corrected chi connectivity index (χ4v) is 6.47. The molecule has 1 aliphatic carbocycles. The quantitative estimate of drug-likeness (QED) is 0.176. The summed E-state index contributed by atoms with van der Waals surface area (Å²) >= 11 is 13.1. The molecule has 5 aromatic carbocycles. The van der Waals surface area contributed by atoms with E-state index in [1.807, 2.05) is 48.5 Å². The van der Waals surface area contributed by atoms with Crippen molar-refractivity contribution >= 4 is 48.0 Å². The first-order chi connectivity index (χ1) is 21.3. The van der Waals surface area contributed by atoms with Gasteiger partial charge in [-0.2, -0.15) is 11.6 Å². The summed E-state index contributed by atoms with van der Waals surface area (Å²) in [6.07, 6.45) is 10.4. The summed E-state index contributed by atoms with van der Waals surface area (Å²) in [7, 11) is 0. The Bertz CT molecular complexity index is 1740. The zero-order chi connectivity index (χ0) is 32.9. The molecular weight excluding hydrogens is 737 g/mol. The Hall–Kier alpha value is -1.86. The van der Waals surface area contributed by atoms with Gasteiger partial charge in [-0.05, 0) is 27.7 Å². The van der Waals surface area contributed by atoms with Gasteiger partial charge < -0.3 is 24.8 Å². The van der Waals surface area contributed by atoms with Gasteiger partial charge in [0, 0.05) is 0 Å². The maximum Gasteiger partial charge on any atom is -1.00 e. The molecule has 0 bridgehead atoms. The van der Waals surface area contributed by atoms with E-state index >= 15 is 0 Å². The molecule has 0 radical (unpaired) electrons. The maximum atomic E-state index is 5.86. The van der Waals surface area contributed by atoms with Gasteiger partial charge in [-0.15, -0.1) is 39.7 Å². The number of hydrogen-bond donors (Lipinski definition) is 0. The monoisotopic (exact) mass is 778 g/mol. The number of rotatable bonds is 4. The van der Waals surface area contributed by atoms with Crippen molar-refractivity contribution in [3.8, 4) is 0 Å². The van der Waals surface area contributed by atoms with Gasteiger partial charge in [-0.1, -0.05) is 86.3 Å². The van der Waals surface area contributed by atoms with E-state index in [1.54, 1.807) is 0 Å². The van der Waals surface area contributed by atoms with Crippen LogP contribution in [0.25, 0.3) is 21.5 Å². The smallest absolute Gasteiger partial charge is 1.00 e. The molecule has 0 aliphatic heterocycles. The van der Waals surface area contributed by atoms with E-state index in [-0.39, 0.29) is 24.8 Å². The van der Waals surface area contributed by atoms with E-state index in [4.69, 9.17) is 23.2 Å². The minimum Gasteiger partial charge on any atom is -1.00 e. The molecule has 0 saturated heterocycles. The molecule has 0 amide bonds. The summed E-state index contributed by atoms with van der Waals surface area (Å²) in [5.74, 6) is 0.587. The van der Waals surface area contributed by atoms with E-state index in [2.05, 4.69) is 104 Å². The van der Waals surface area contributed by atoms with Crippen molar-refractivity contribution in [1.29, 1.82) is 0 Å². The normalized spacial score (nSPS) is 13.5. The Balaban J connectivity index is 0.000000244. The van der Waals surface area contributed by atoms with Gasteiger partial charge in [0.25, 0.3) is 0 Å². The molecular formula is C42H44Cl4Zr-2. The third-order valence-electron chi connectivity index (χ3n) is 8.50. The summed E-state index contributed by atoms with van der Waals surface area (Å²) < 4.78 is 1.31. The molecule has 1 unspecified atom stereocenters. The predicted octanol–water partition coefficient (Wildman–Crippen LogP) is 6.81. The largest absolute Gasteiger partial charge is 1.00 e. The number of halogens is 4. The minimum absolute atomic E-state index is 0. The number of allylic oxidation sites excluding steroid dienone is 4. The molecule has 0 nitrogen and oxygen atoms in total. The van der Waals surface area contributed by atoms with Crippen molar-refractivity contribution in [3.63, 3.8) is 0 Å². The number of fused-ring (bicyclic) bond motifs is 3. The maximum absolute atomic E-state index is 5.86. The molecule has 0 N–H and O–H groups in total. The zero-order valence-corrected chi connectivity index (χ0v) is 34.1. The second kappa shape index (κ2) is 18.2. The van der Waals surface area contributed by atoms with Crippen molar-refractivity contribution in [2.75, 3.05) is 0 Å². The van der Waals surface area contributed by atoms with Gasteiger partial charge in [0.2, 0.25) is 0 Å².